The fraction of sp³-hybridized carbons (Fsp3) is 0.222. The highest BCUT2D eigenvalue weighted by atomic mass is 16.5. The summed E-state index contributed by atoms with van der Waals surface area (Å²) in [6.45, 7) is 0. The third kappa shape index (κ3) is 2.54. The molecule has 3 aromatic rings. The van der Waals surface area contributed by atoms with Gasteiger partial charge in [-0.15, -0.1) is 0 Å². The lowest BCUT2D eigenvalue weighted by Gasteiger charge is -2.31. The molecule has 0 saturated heterocycles. The van der Waals surface area contributed by atoms with E-state index >= 15 is 0 Å². The van der Waals surface area contributed by atoms with Gasteiger partial charge in [-0.1, -0.05) is 42.5 Å². The molecule has 5 heteroatoms. The zero-order chi connectivity index (χ0) is 15.6. The molecule has 2 heterocycles. The maximum Gasteiger partial charge on any atom is 0.222 e. The van der Waals surface area contributed by atoms with Crippen molar-refractivity contribution in [2.45, 2.75) is 18.5 Å². The van der Waals surface area contributed by atoms with Gasteiger partial charge < -0.3 is 10.1 Å². The normalized spacial score (nSPS) is 19.7. The van der Waals surface area contributed by atoms with Crippen LogP contribution in [0.25, 0.3) is 0 Å². The van der Waals surface area contributed by atoms with Crippen LogP contribution in [0.2, 0.25) is 0 Å². The van der Waals surface area contributed by atoms with E-state index in [1.807, 2.05) is 22.9 Å². The van der Waals surface area contributed by atoms with Gasteiger partial charge in [-0.3, -0.25) is 0 Å². The van der Waals surface area contributed by atoms with Crippen LogP contribution in [0.4, 0.5) is 5.95 Å². The minimum Gasteiger partial charge on any atom is -0.497 e. The minimum atomic E-state index is 0.182. The molecule has 1 aromatic heterocycles. The van der Waals surface area contributed by atoms with Gasteiger partial charge in [0.2, 0.25) is 5.95 Å². The first kappa shape index (κ1) is 13.8. The van der Waals surface area contributed by atoms with Crippen molar-refractivity contribution in [2.75, 3.05) is 12.4 Å². The number of anilines is 1. The number of rotatable bonds is 3. The number of aromatic nitrogens is 3. The molecule has 0 bridgehead atoms. The van der Waals surface area contributed by atoms with E-state index in [2.05, 4.69) is 51.8 Å². The summed E-state index contributed by atoms with van der Waals surface area (Å²) in [5.41, 5.74) is 2.47. The third-order valence-electron chi connectivity index (χ3n) is 4.33. The number of nitrogens with one attached hydrogen (secondary N) is 1. The summed E-state index contributed by atoms with van der Waals surface area (Å²) in [5.74, 6) is 1.68. The first-order valence-electron chi connectivity index (χ1n) is 7.70. The first-order valence-corrected chi connectivity index (χ1v) is 7.70. The van der Waals surface area contributed by atoms with Gasteiger partial charge in [0.1, 0.15) is 12.1 Å². The Hall–Kier alpha value is -2.82. The Balaban J connectivity index is 1.69. The molecule has 2 aromatic carbocycles. The fourth-order valence-corrected chi connectivity index (χ4v) is 3.13. The lowest BCUT2D eigenvalue weighted by Crippen LogP contribution is -2.28. The lowest BCUT2D eigenvalue weighted by atomic mass is 9.93. The van der Waals surface area contributed by atoms with Crippen LogP contribution in [0, 0.1) is 0 Å². The van der Waals surface area contributed by atoms with E-state index in [1.54, 1.807) is 13.4 Å². The van der Waals surface area contributed by atoms with Crippen molar-refractivity contribution in [3.8, 4) is 5.75 Å². The number of benzene rings is 2. The molecule has 0 aliphatic carbocycles. The Labute approximate surface area is 134 Å². The van der Waals surface area contributed by atoms with Crippen LogP contribution < -0.4 is 10.1 Å². The van der Waals surface area contributed by atoms with Crippen LogP contribution in [0.1, 0.15) is 29.6 Å². The first-order chi connectivity index (χ1) is 11.3. The van der Waals surface area contributed by atoms with E-state index in [4.69, 9.17) is 4.74 Å². The standard InChI is InChI=1S/C18H18N4O/c1-23-15-9-7-13(8-10-15)16-11-17(14-5-3-2-4-6-14)22-18(21-16)19-12-20-22/h2-10,12,16-17H,11H2,1H3,(H,19,20,21)/t16-,17+/m0/s1. The molecule has 4 rings (SSSR count). The molecule has 0 amide bonds. The second-order valence-electron chi connectivity index (χ2n) is 5.66. The summed E-state index contributed by atoms with van der Waals surface area (Å²) in [5, 5.41) is 7.87. The average molecular weight is 306 g/mol. The number of ether oxygens (including phenoxy) is 1. The van der Waals surface area contributed by atoms with Crippen molar-refractivity contribution >= 4 is 5.95 Å². The second kappa shape index (κ2) is 5.76. The molecule has 116 valence electrons. The van der Waals surface area contributed by atoms with Crippen molar-refractivity contribution < 1.29 is 4.74 Å². The summed E-state index contributed by atoms with van der Waals surface area (Å²) < 4.78 is 7.21. The predicted molar refractivity (Wildman–Crippen MR) is 88.6 cm³/mol. The van der Waals surface area contributed by atoms with Crippen LogP contribution in [0.15, 0.2) is 60.9 Å². The smallest absolute Gasteiger partial charge is 0.222 e. The van der Waals surface area contributed by atoms with Gasteiger partial charge >= 0.3 is 0 Å². The number of hydrogen-bond acceptors (Lipinski definition) is 4. The van der Waals surface area contributed by atoms with Crippen LogP contribution in [-0.2, 0) is 0 Å². The van der Waals surface area contributed by atoms with Crippen LogP contribution in [0.5, 0.6) is 5.75 Å². The third-order valence-corrected chi connectivity index (χ3v) is 4.33. The molecule has 0 fully saturated rings. The minimum absolute atomic E-state index is 0.182. The molecule has 0 radical (unpaired) electrons. The zero-order valence-corrected chi connectivity index (χ0v) is 12.9. The van der Waals surface area contributed by atoms with Gasteiger partial charge in [-0.2, -0.15) is 10.1 Å². The van der Waals surface area contributed by atoms with Gasteiger partial charge in [0.25, 0.3) is 0 Å². The van der Waals surface area contributed by atoms with Crippen molar-refractivity contribution in [1.82, 2.24) is 14.8 Å². The molecular weight excluding hydrogens is 288 g/mol. The molecule has 1 aliphatic rings. The lowest BCUT2D eigenvalue weighted by molar-refractivity contribution is 0.413. The van der Waals surface area contributed by atoms with Crippen LogP contribution in [-0.4, -0.2) is 21.9 Å². The highest BCUT2D eigenvalue weighted by molar-refractivity contribution is 5.39. The van der Waals surface area contributed by atoms with Gasteiger partial charge in [-0.25, -0.2) is 4.68 Å². The van der Waals surface area contributed by atoms with Crippen molar-refractivity contribution in [1.29, 1.82) is 0 Å². The number of fused-ring (bicyclic) bond motifs is 1. The Morgan fingerprint density at radius 2 is 1.83 bits per heavy atom. The largest absolute Gasteiger partial charge is 0.497 e. The van der Waals surface area contributed by atoms with Crippen molar-refractivity contribution in [3.05, 3.63) is 72.1 Å². The molecule has 0 unspecified atom stereocenters. The van der Waals surface area contributed by atoms with Crippen molar-refractivity contribution in [3.63, 3.8) is 0 Å². The highest BCUT2D eigenvalue weighted by Gasteiger charge is 2.29. The molecule has 5 nitrogen and oxygen atoms in total. The Morgan fingerprint density at radius 1 is 1.04 bits per heavy atom. The topological polar surface area (TPSA) is 52.0 Å². The summed E-state index contributed by atoms with van der Waals surface area (Å²) in [4.78, 5) is 4.36. The SMILES string of the molecule is COc1ccc([C@@H]2C[C@H](c3ccccc3)n3ncnc3N2)cc1. The summed E-state index contributed by atoms with van der Waals surface area (Å²) in [6, 6.07) is 19.0. The quantitative estimate of drug-likeness (QED) is 0.805. The number of methoxy groups -OCH3 is 1. The van der Waals surface area contributed by atoms with Crippen LogP contribution >= 0.6 is 0 Å². The second-order valence-corrected chi connectivity index (χ2v) is 5.66. The Bertz CT molecular complexity index is 782. The number of hydrogen-bond donors (Lipinski definition) is 1. The predicted octanol–water partition coefficient (Wildman–Crippen LogP) is 3.43. The van der Waals surface area contributed by atoms with Gasteiger partial charge in [0.15, 0.2) is 0 Å². The van der Waals surface area contributed by atoms with Gasteiger partial charge in [0.05, 0.1) is 19.2 Å². The van der Waals surface area contributed by atoms with E-state index in [0.29, 0.717) is 0 Å². The molecular formula is C18H18N4O. The zero-order valence-electron chi connectivity index (χ0n) is 12.9. The molecule has 23 heavy (non-hydrogen) atoms. The maximum absolute atomic E-state index is 5.24. The molecule has 2 atom stereocenters. The summed E-state index contributed by atoms with van der Waals surface area (Å²) in [7, 11) is 1.68. The molecule has 0 spiro atoms. The highest BCUT2D eigenvalue weighted by Crippen LogP contribution is 2.37. The molecule has 1 aliphatic heterocycles. The number of nitrogens with zero attached hydrogens (tertiary/aromatic N) is 3. The van der Waals surface area contributed by atoms with E-state index in [0.717, 1.165) is 18.1 Å². The maximum atomic E-state index is 5.24. The van der Waals surface area contributed by atoms with Crippen molar-refractivity contribution in [2.24, 2.45) is 0 Å². The Morgan fingerprint density at radius 3 is 2.57 bits per heavy atom. The van der Waals surface area contributed by atoms with E-state index in [-0.39, 0.29) is 12.1 Å². The Kier molecular flexibility index (Phi) is 3.46. The average Bonchev–Trinajstić information content (AvgIpc) is 3.10. The molecule has 0 saturated carbocycles. The van der Waals surface area contributed by atoms with E-state index < -0.39 is 0 Å². The van der Waals surface area contributed by atoms with Gasteiger partial charge in [-0.05, 0) is 29.7 Å². The summed E-state index contributed by atoms with van der Waals surface area (Å²) >= 11 is 0. The monoisotopic (exact) mass is 306 g/mol. The van der Waals surface area contributed by atoms with E-state index in [1.165, 1.54) is 11.1 Å². The summed E-state index contributed by atoms with van der Waals surface area (Å²) in [6.07, 6.45) is 2.53. The van der Waals surface area contributed by atoms with E-state index in [9.17, 15) is 0 Å². The fourth-order valence-electron chi connectivity index (χ4n) is 3.13. The van der Waals surface area contributed by atoms with Crippen LogP contribution in [0.3, 0.4) is 0 Å². The van der Waals surface area contributed by atoms with Gasteiger partial charge in [0, 0.05) is 0 Å². The molecule has 1 N–H and O–H groups in total.